The van der Waals surface area contributed by atoms with Crippen molar-refractivity contribution >= 4 is 11.6 Å². The molecule has 2 rings (SSSR count). The van der Waals surface area contributed by atoms with Gasteiger partial charge in [0.25, 0.3) is 6.43 Å². The zero-order chi connectivity index (χ0) is 13.0. The number of anilines is 1. The van der Waals surface area contributed by atoms with E-state index >= 15 is 0 Å². The van der Waals surface area contributed by atoms with Crippen molar-refractivity contribution in [2.45, 2.75) is 13.3 Å². The average molecular weight is 256 g/mol. The van der Waals surface area contributed by atoms with Crippen LogP contribution in [0, 0.1) is 6.92 Å². The molecule has 2 aromatic heterocycles. The number of alkyl halides is 2. The van der Waals surface area contributed by atoms with Crippen molar-refractivity contribution < 1.29 is 13.5 Å². The van der Waals surface area contributed by atoms with Gasteiger partial charge >= 0.3 is 0 Å². The summed E-state index contributed by atoms with van der Waals surface area (Å²) in [7, 11) is 0. The number of aromatic nitrogens is 3. The van der Waals surface area contributed by atoms with Crippen LogP contribution in [0.5, 0.6) is 0 Å². The predicted octanol–water partition coefficient (Wildman–Crippen LogP) is 1.73. The molecule has 0 bridgehead atoms. The molecule has 0 radical (unpaired) electrons. The Morgan fingerprint density at radius 1 is 1.44 bits per heavy atom. The van der Waals surface area contributed by atoms with E-state index in [-0.39, 0.29) is 6.61 Å². The number of hydrogen-bond acceptors (Lipinski definition) is 4. The van der Waals surface area contributed by atoms with E-state index in [1.807, 2.05) is 25.3 Å². The lowest BCUT2D eigenvalue weighted by Gasteiger charge is -2.03. The molecule has 2 aromatic rings. The number of hydrogen-bond donors (Lipinski definition) is 1. The molecule has 0 aliphatic carbocycles. The third kappa shape index (κ3) is 3.36. The number of pyridine rings is 1. The number of halogens is 2. The van der Waals surface area contributed by atoms with Crippen molar-refractivity contribution in [2.75, 3.05) is 25.1 Å². The molecule has 0 spiro atoms. The molecule has 0 unspecified atom stereocenters. The molecule has 0 aromatic carbocycles. The van der Waals surface area contributed by atoms with Gasteiger partial charge in [0.05, 0.1) is 6.61 Å². The molecule has 98 valence electrons. The molecule has 5 nitrogen and oxygen atoms in total. The van der Waals surface area contributed by atoms with Crippen LogP contribution in [-0.4, -0.2) is 40.8 Å². The lowest BCUT2D eigenvalue weighted by molar-refractivity contribution is 0.0214. The highest BCUT2D eigenvalue weighted by atomic mass is 19.3. The molecule has 18 heavy (non-hydrogen) atoms. The van der Waals surface area contributed by atoms with Crippen molar-refractivity contribution in [1.29, 1.82) is 0 Å². The van der Waals surface area contributed by atoms with Gasteiger partial charge in [0.1, 0.15) is 6.61 Å². The van der Waals surface area contributed by atoms with Crippen molar-refractivity contribution in [3.63, 3.8) is 0 Å². The second kappa shape index (κ2) is 5.72. The Morgan fingerprint density at radius 2 is 2.28 bits per heavy atom. The minimum absolute atomic E-state index is 0.193. The van der Waals surface area contributed by atoms with Crippen LogP contribution in [0.2, 0.25) is 0 Å². The fourth-order valence-corrected chi connectivity index (χ4v) is 1.47. The molecule has 0 saturated carbocycles. The van der Waals surface area contributed by atoms with Gasteiger partial charge in [-0.3, -0.25) is 0 Å². The molecule has 0 atom stereocenters. The molecule has 7 heteroatoms. The second-order valence-corrected chi connectivity index (χ2v) is 3.84. The maximum absolute atomic E-state index is 11.8. The average Bonchev–Trinajstić information content (AvgIpc) is 2.70. The SMILES string of the molecule is Cc1ccc2nc(NCCOCC(F)F)nn2c1. The second-order valence-electron chi connectivity index (χ2n) is 3.84. The third-order valence-electron chi connectivity index (χ3n) is 2.25. The number of ether oxygens (including phenoxy) is 1. The molecule has 0 aliphatic heterocycles. The molecule has 1 N–H and O–H groups in total. The number of nitrogens with one attached hydrogen (secondary N) is 1. The summed E-state index contributed by atoms with van der Waals surface area (Å²) < 4.78 is 30.0. The lowest BCUT2D eigenvalue weighted by atomic mass is 10.3. The minimum Gasteiger partial charge on any atom is -0.374 e. The number of rotatable bonds is 6. The Kier molecular flexibility index (Phi) is 4.03. The zero-order valence-electron chi connectivity index (χ0n) is 9.94. The summed E-state index contributed by atoms with van der Waals surface area (Å²) in [6, 6.07) is 3.81. The number of aryl methyl sites for hydroxylation is 1. The summed E-state index contributed by atoms with van der Waals surface area (Å²) in [4.78, 5) is 4.22. The first kappa shape index (κ1) is 12.7. The number of nitrogens with zero attached hydrogens (tertiary/aromatic N) is 3. The van der Waals surface area contributed by atoms with Gasteiger partial charge in [-0.2, -0.15) is 4.98 Å². The zero-order valence-corrected chi connectivity index (χ0v) is 9.94. The van der Waals surface area contributed by atoms with Gasteiger partial charge in [0.15, 0.2) is 5.65 Å². The van der Waals surface area contributed by atoms with E-state index < -0.39 is 13.0 Å². The first-order chi connectivity index (χ1) is 8.65. The molecule has 0 amide bonds. The smallest absolute Gasteiger partial charge is 0.261 e. The van der Waals surface area contributed by atoms with Gasteiger partial charge in [-0.05, 0) is 18.6 Å². The minimum atomic E-state index is -2.43. The fourth-order valence-electron chi connectivity index (χ4n) is 1.47. The molecular formula is C11H14F2N4O. The van der Waals surface area contributed by atoms with Gasteiger partial charge in [-0.25, -0.2) is 13.3 Å². The maximum Gasteiger partial charge on any atom is 0.261 e. The Hall–Kier alpha value is -1.76. The van der Waals surface area contributed by atoms with Crippen molar-refractivity contribution in [3.8, 4) is 0 Å². The van der Waals surface area contributed by atoms with E-state index in [1.54, 1.807) is 4.52 Å². The van der Waals surface area contributed by atoms with Crippen molar-refractivity contribution in [1.82, 2.24) is 14.6 Å². The largest absolute Gasteiger partial charge is 0.374 e. The third-order valence-corrected chi connectivity index (χ3v) is 2.25. The Balaban J connectivity index is 1.84. The quantitative estimate of drug-likeness (QED) is 0.800. The van der Waals surface area contributed by atoms with E-state index in [1.165, 1.54) is 0 Å². The van der Waals surface area contributed by atoms with E-state index in [9.17, 15) is 8.78 Å². The highest BCUT2D eigenvalue weighted by Crippen LogP contribution is 2.06. The van der Waals surface area contributed by atoms with Gasteiger partial charge in [-0.15, -0.1) is 5.10 Å². The van der Waals surface area contributed by atoms with Gasteiger partial charge in [0.2, 0.25) is 5.95 Å². The molecular weight excluding hydrogens is 242 g/mol. The Bertz CT molecular complexity index is 515. The highest BCUT2D eigenvalue weighted by molar-refractivity contribution is 5.43. The van der Waals surface area contributed by atoms with Crippen LogP contribution in [-0.2, 0) is 4.74 Å². The summed E-state index contributed by atoms with van der Waals surface area (Å²) >= 11 is 0. The topological polar surface area (TPSA) is 51.5 Å². The predicted molar refractivity (Wildman–Crippen MR) is 63.0 cm³/mol. The van der Waals surface area contributed by atoms with Crippen LogP contribution in [0.4, 0.5) is 14.7 Å². The van der Waals surface area contributed by atoms with Gasteiger partial charge in [0, 0.05) is 12.7 Å². The monoisotopic (exact) mass is 256 g/mol. The lowest BCUT2D eigenvalue weighted by Crippen LogP contribution is -2.13. The molecule has 0 fully saturated rings. The summed E-state index contributed by atoms with van der Waals surface area (Å²) in [5, 5.41) is 7.11. The Labute approximate surface area is 103 Å². The summed E-state index contributed by atoms with van der Waals surface area (Å²) in [5.74, 6) is 0.459. The summed E-state index contributed by atoms with van der Waals surface area (Å²) in [6.45, 7) is 2.01. The van der Waals surface area contributed by atoms with E-state index in [2.05, 4.69) is 15.4 Å². The standard InChI is InChI=1S/C11H14F2N4O/c1-8-2-3-10-15-11(16-17(10)6-8)14-4-5-18-7-9(12)13/h2-3,6,9H,4-5,7H2,1H3,(H,14,16). The molecule has 0 aliphatic rings. The highest BCUT2D eigenvalue weighted by Gasteiger charge is 2.04. The normalized spacial score (nSPS) is 11.3. The van der Waals surface area contributed by atoms with Crippen LogP contribution < -0.4 is 5.32 Å². The van der Waals surface area contributed by atoms with E-state index in [0.717, 1.165) is 11.2 Å². The fraction of sp³-hybridized carbons (Fsp3) is 0.455. The first-order valence-electron chi connectivity index (χ1n) is 5.58. The van der Waals surface area contributed by atoms with E-state index in [0.29, 0.717) is 12.5 Å². The van der Waals surface area contributed by atoms with Crippen LogP contribution in [0.1, 0.15) is 5.56 Å². The summed E-state index contributed by atoms with van der Waals surface area (Å²) in [5.41, 5.74) is 1.82. The van der Waals surface area contributed by atoms with Crippen molar-refractivity contribution in [3.05, 3.63) is 23.9 Å². The maximum atomic E-state index is 11.8. The van der Waals surface area contributed by atoms with Crippen molar-refractivity contribution in [2.24, 2.45) is 0 Å². The number of fused-ring (bicyclic) bond motifs is 1. The Morgan fingerprint density at radius 3 is 3.06 bits per heavy atom. The van der Waals surface area contributed by atoms with Crippen LogP contribution in [0.15, 0.2) is 18.3 Å². The first-order valence-corrected chi connectivity index (χ1v) is 5.58. The van der Waals surface area contributed by atoms with Gasteiger partial charge in [-0.1, -0.05) is 6.07 Å². The molecule has 0 saturated heterocycles. The summed E-state index contributed by atoms with van der Waals surface area (Å²) in [6.07, 6.45) is -0.567. The molecule has 2 heterocycles. The van der Waals surface area contributed by atoms with E-state index in [4.69, 9.17) is 4.74 Å². The van der Waals surface area contributed by atoms with Crippen LogP contribution in [0.3, 0.4) is 0 Å². The van der Waals surface area contributed by atoms with Gasteiger partial charge < -0.3 is 10.1 Å². The van der Waals surface area contributed by atoms with Crippen LogP contribution >= 0.6 is 0 Å². The van der Waals surface area contributed by atoms with Crippen LogP contribution in [0.25, 0.3) is 5.65 Å².